The molecule has 0 aliphatic carbocycles. The molecule has 2 aromatic carbocycles. The number of carbonyl (C=O) groups is 1. The second-order valence-corrected chi connectivity index (χ2v) is 7.22. The molecule has 0 spiro atoms. The van der Waals surface area contributed by atoms with E-state index in [0.29, 0.717) is 21.9 Å². The summed E-state index contributed by atoms with van der Waals surface area (Å²) in [6.07, 6.45) is 0.734. The molecule has 0 atom stereocenters. The van der Waals surface area contributed by atoms with Gasteiger partial charge < -0.3 is 4.90 Å². The minimum atomic E-state index is -0.720. The van der Waals surface area contributed by atoms with Crippen LogP contribution in [0.25, 0.3) is 10.2 Å². The molecule has 0 bridgehead atoms. The third kappa shape index (κ3) is 4.05. The molecule has 0 unspecified atom stereocenters. The van der Waals surface area contributed by atoms with Gasteiger partial charge in [0.1, 0.15) is 11.3 Å². The van der Waals surface area contributed by atoms with Crippen LogP contribution in [0.2, 0.25) is 0 Å². The van der Waals surface area contributed by atoms with Gasteiger partial charge in [-0.3, -0.25) is 9.69 Å². The lowest BCUT2D eigenvalue weighted by Gasteiger charge is -2.21. The largest absolute Gasteiger partial charge is 0.309 e. The van der Waals surface area contributed by atoms with Crippen LogP contribution in [-0.4, -0.2) is 43.0 Å². The number of amides is 1. The van der Waals surface area contributed by atoms with E-state index in [1.54, 1.807) is 29.2 Å². The van der Waals surface area contributed by atoms with Gasteiger partial charge >= 0.3 is 0 Å². The summed E-state index contributed by atoms with van der Waals surface area (Å²) < 4.78 is 27.9. The maximum absolute atomic E-state index is 14.0. The Morgan fingerprint density at radius 3 is 2.54 bits per heavy atom. The van der Waals surface area contributed by atoms with Gasteiger partial charge in [0.15, 0.2) is 10.9 Å². The highest BCUT2D eigenvalue weighted by molar-refractivity contribution is 7.22. The smallest absolute Gasteiger partial charge is 0.260 e. The van der Waals surface area contributed by atoms with Gasteiger partial charge in [-0.15, -0.1) is 0 Å². The van der Waals surface area contributed by atoms with Crippen molar-refractivity contribution >= 4 is 32.6 Å². The maximum Gasteiger partial charge on any atom is 0.260 e. The molecule has 0 saturated carbocycles. The summed E-state index contributed by atoms with van der Waals surface area (Å²) in [5.41, 5.74) is 0.619. The topological polar surface area (TPSA) is 36.4 Å². The highest BCUT2D eigenvalue weighted by Crippen LogP contribution is 2.32. The van der Waals surface area contributed by atoms with Gasteiger partial charge in [0.25, 0.3) is 5.91 Å². The molecule has 0 saturated heterocycles. The summed E-state index contributed by atoms with van der Waals surface area (Å²) in [5.74, 6) is -1.58. The molecule has 0 N–H and O–H groups in total. The highest BCUT2D eigenvalue weighted by atomic mass is 32.1. The van der Waals surface area contributed by atoms with Crippen LogP contribution in [0, 0.1) is 11.6 Å². The van der Waals surface area contributed by atoms with Crippen LogP contribution in [0.1, 0.15) is 16.8 Å². The predicted molar refractivity (Wildman–Crippen MR) is 101 cm³/mol. The summed E-state index contributed by atoms with van der Waals surface area (Å²) in [7, 11) is 3.92. The van der Waals surface area contributed by atoms with Crippen molar-refractivity contribution in [1.82, 2.24) is 9.88 Å². The van der Waals surface area contributed by atoms with Crippen molar-refractivity contribution in [2.45, 2.75) is 6.42 Å². The predicted octanol–water partition coefficient (Wildman–Crippen LogP) is 4.17. The third-order valence-electron chi connectivity index (χ3n) is 3.89. The number of hydrogen-bond acceptors (Lipinski definition) is 4. The lowest BCUT2D eigenvalue weighted by atomic mass is 10.2. The summed E-state index contributed by atoms with van der Waals surface area (Å²) in [6, 6.07) is 10.9. The van der Waals surface area contributed by atoms with Crippen LogP contribution in [0.15, 0.2) is 42.5 Å². The van der Waals surface area contributed by atoms with Crippen LogP contribution in [-0.2, 0) is 0 Å². The maximum atomic E-state index is 14.0. The fourth-order valence-electron chi connectivity index (χ4n) is 2.63. The Labute approximate surface area is 154 Å². The molecule has 0 aliphatic rings. The minimum Gasteiger partial charge on any atom is -0.309 e. The van der Waals surface area contributed by atoms with Gasteiger partial charge in [0.05, 0.1) is 4.70 Å². The number of anilines is 1. The molecule has 0 radical (unpaired) electrons. The summed E-state index contributed by atoms with van der Waals surface area (Å²) in [5, 5.41) is 0.372. The molecule has 0 aliphatic heterocycles. The second-order valence-electron chi connectivity index (χ2n) is 6.21. The van der Waals surface area contributed by atoms with E-state index in [9.17, 15) is 13.6 Å². The van der Waals surface area contributed by atoms with Crippen LogP contribution in [0.3, 0.4) is 0 Å². The highest BCUT2D eigenvalue weighted by Gasteiger charge is 2.22. The average molecular weight is 375 g/mol. The molecule has 4 nitrogen and oxygen atoms in total. The van der Waals surface area contributed by atoms with Gasteiger partial charge in [-0.1, -0.05) is 29.5 Å². The van der Waals surface area contributed by atoms with Gasteiger partial charge in [-0.05, 0) is 45.3 Å². The fourth-order valence-corrected chi connectivity index (χ4v) is 3.66. The van der Waals surface area contributed by atoms with Crippen LogP contribution >= 0.6 is 11.3 Å². The second kappa shape index (κ2) is 7.88. The van der Waals surface area contributed by atoms with Crippen LogP contribution < -0.4 is 4.90 Å². The van der Waals surface area contributed by atoms with Crippen molar-refractivity contribution in [2.75, 3.05) is 32.1 Å². The first-order chi connectivity index (χ1) is 12.5. The number of hydrogen-bond donors (Lipinski definition) is 0. The van der Waals surface area contributed by atoms with Crippen LogP contribution in [0.4, 0.5) is 13.9 Å². The Kier molecular flexibility index (Phi) is 5.58. The Bertz CT molecular complexity index is 912. The number of rotatable bonds is 6. The number of fused-ring (bicyclic) bond motifs is 1. The molecular weight excluding hydrogens is 356 g/mol. The Balaban J connectivity index is 1.97. The molecule has 1 heterocycles. The lowest BCUT2D eigenvalue weighted by Crippen LogP contribution is -2.33. The number of aromatic nitrogens is 1. The first-order valence-electron chi connectivity index (χ1n) is 8.23. The van der Waals surface area contributed by atoms with Gasteiger partial charge in [0, 0.05) is 18.2 Å². The van der Waals surface area contributed by atoms with Crippen molar-refractivity contribution in [1.29, 1.82) is 0 Å². The molecule has 1 amide bonds. The van der Waals surface area contributed by atoms with E-state index in [-0.39, 0.29) is 11.4 Å². The lowest BCUT2D eigenvalue weighted by molar-refractivity contribution is 0.0986. The standard InChI is InChI=1S/C19H19F2N3OS/c1-23(2)9-6-10-24(18(25)13-7-4-3-5-8-13)19-22-17-15(21)11-14(20)12-16(17)26-19/h3-5,7-8,11-12H,6,9-10H2,1-2H3. The molecule has 136 valence electrons. The zero-order chi connectivity index (χ0) is 18.7. The molecule has 7 heteroatoms. The molecule has 3 rings (SSSR count). The quantitative estimate of drug-likeness (QED) is 0.649. The third-order valence-corrected chi connectivity index (χ3v) is 4.91. The van der Waals surface area contributed by atoms with Crippen molar-refractivity contribution in [3.05, 3.63) is 59.7 Å². The van der Waals surface area contributed by atoms with Gasteiger partial charge in [-0.2, -0.15) is 0 Å². The minimum absolute atomic E-state index is 0.0878. The van der Waals surface area contributed by atoms with E-state index in [1.807, 2.05) is 25.1 Å². The number of nitrogens with zero attached hydrogens (tertiary/aromatic N) is 3. The summed E-state index contributed by atoms with van der Waals surface area (Å²) in [6.45, 7) is 1.24. The average Bonchev–Trinajstić information content (AvgIpc) is 3.02. The van der Waals surface area contributed by atoms with Crippen molar-refractivity contribution in [3.63, 3.8) is 0 Å². The number of benzene rings is 2. The first kappa shape index (κ1) is 18.4. The molecule has 26 heavy (non-hydrogen) atoms. The van der Waals surface area contributed by atoms with E-state index in [0.717, 1.165) is 30.4 Å². The molecule has 3 aromatic rings. The Morgan fingerprint density at radius 2 is 1.85 bits per heavy atom. The number of halogens is 2. The zero-order valence-corrected chi connectivity index (χ0v) is 15.4. The SMILES string of the molecule is CN(C)CCCN(C(=O)c1ccccc1)c1nc2c(F)cc(F)cc2s1. The molecular formula is C19H19F2N3OS. The summed E-state index contributed by atoms with van der Waals surface area (Å²) >= 11 is 1.12. The zero-order valence-electron chi connectivity index (χ0n) is 14.6. The van der Waals surface area contributed by atoms with E-state index < -0.39 is 11.6 Å². The van der Waals surface area contributed by atoms with E-state index in [4.69, 9.17) is 0 Å². The fraction of sp³-hybridized carbons (Fsp3) is 0.263. The summed E-state index contributed by atoms with van der Waals surface area (Å²) in [4.78, 5) is 20.8. The van der Waals surface area contributed by atoms with Crippen molar-refractivity contribution < 1.29 is 13.6 Å². The Hall–Kier alpha value is -2.38. The Morgan fingerprint density at radius 1 is 1.12 bits per heavy atom. The van der Waals surface area contributed by atoms with E-state index in [2.05, 4.69) is 4.98 Å². The first-order valence-corrected chi connectivity index (χ1v) is 9.04. The normalized spacial score (nSPS) is 11.3. The van der Waals surface area contributed by atoms with E-state index in [1.165, 1.54) is 6.07 Å². The molecule has 1 aromatic heterocycles. The monoisotopic (exact) mass is 375 g/mol. The van der Waals surface area contributed by atoms with Crippen LogP contribution in [0.5, 0.6) is 0 Å². The number of carbonyl (C=O) groups excluding carboxylic acids is 1. The van der Waals surface area contributed by atoms with Gasteiger partial charge in [0.2, 0.25) is 0 Å². The van der Waals surface area contributed by atoms with Gasteiger partial charge in [-0.25, -0.2) is 13.8 Å². The van der Waals surface area contributed by atoms with Crippen molar-refractivity contribution in [3.8, 4) is 0 Å². The van der Waals surface area contributed by atoms with E-state index >= 15 is 0 Å². The number of thiazole rings is 1. The van der Waals surface area contributed by atoms with Crippen molar-refractivity contribution in [2.24, 2.45) is 0 Å². The molecule has 0 fully saturated rings.